The van der Waals surface area contributed by atoms with Gasteiger partial charge in [-0.2, -0.15) is 0 Å². The van der Waals surface area contributed by atoms with E-state index in [4.69, 9.17) is 5.11 Å². The van der Waals surface area contributed by atoms with Crippen LogP contribution in [0.2, 0.25) is 0 Å². The Balaban J connectivity index is 2.60. The molecule has 6 nitrogen and oxygen atoms in total. The third-order valence-electron chi connectivity index (χ3n) is 3.83. The lowest BCUT2D eigenvalue weighted by atomic mass is 10.0. The highest BCUT2D eigenvalue weighted by atomic mass is 16.4. The van der Waals surface area contributed by atoms with Crippen molar-refractivity contribution in [3.05, 3.63) is 0 Å². The highest BCUT2D eigenvalue weighted by Gasteiger charge is 2.34. The lowest BCUT2D eigenvalue weighted by Crippen LogP contribution is -2.48. The van der Waals surface area contributed by atoms with Crippen LogP contribution in [0.5, 0.6) is 0 Å². The number of carbonyl (C=O) groups is 2. The van der Waals surface area contributed by atoms with Crippen molar-refractivity contribution < 1.29 is 14.7 Å². The molecule has 0 aliphatic carbocycles. The molecule has 0 radical (unpaired) electrons. The van der Waals surface area contributed by atoms with Crippen LogP contribution in [0.3, 0.4) is 0 Å². The number of hydrogen-bond acceptors (Lipinski definition) is 3. The maximum absolute atomic E-state index is 12.2. The van der Waals surface area contributed by atoms with Crippen LogP contribution in [0.15, 0.2) is 0 Å². The molecule has 1 heterocycles. The van der Waals surface area contributed by atoms with Crippen molar-refractivity contribution in [1.82, 2.24) is 15.1 Å². The normalized spacial score (nSPS) is 24.2. The molecule has 1 fully saturated rings. The fraction of sp³-hybridized carbons (Fsp3) is 0.857. The highest BCUT2D eigenvalue weighted by Crippen LogP contribution is 2.20. The quantitative estimate of drug-likeness (QED) is 0.793. The molecule has 0 bridgehead atoms. The molecule has 2 amide bonds. The van der Waals surface area contributed by atoms with Gasteiger partial charge in [-0.15, -0.1) is 0 Å². The van der Waals surface area contributed by atoms with E-state index in [1.165, 1.54) is 0 Å². The van der Waals surface area contributed by atoms with Crippen molar-refractivity contribution in [2.24, 2.45) is 11.8 Å². The largest absolute Gasteiger partial charge is 0.480 e. The minimum Gasteiger partial charge on any atom is -0.480 e. The molecular weight excluding hydrogens is 258 g/mol. The minimum absolute atomic E-state index is 0.225. The van der Waals surface area contributed by atoms with Gasteiger partial charge in [0.05, 0.1) is 0 Å². The second-order valence-electron chi connectivity index (χ2n) is 6.38. The Labute approximate surface area is 121 Å². The summed E-state index contributed by atoms with van der Waals surface area (Å²) in [5, 5.41) is 11.8. The Morgan fingerprint density at radius 1 is 1.35 bits per heavy atom. The van der Waals surface area contributed by atoms with Crippen molar-refractivity contribution in [3.63, 3.8) is 0 Å². The van der Waals surface area contributed by atoms with Gasteiger partial charge in [0.25, 0.3) is 0 Å². The van der Waals surface area contributed by atoms with Crippen LogP contribution in [0.25, 0.3) is 0 Å². The van der Waals surface area contributed by atoms with Crippen molar-refractivity contribution in [3.8, 4) is 0 Å². The molecule has 0 aromatic heterocycles. The second kappa shape index (κ2) is 6.92. The molecule has 0 saturated carbocycles. The smallest absolute Gasteiger partial charge is 0.326 e. The molecular formula is C14H27N3O3. The molecule has 6 heteroatoms. The van der Waals surface area contributed by atoms with Crippen molar-refractivity contribution >= 4 is 12.0 Å². The second-order valence-corrected chi connectivity index (χ2v) is 6.38. The first-order chi connectivity index (χ1) is 9.22. The molecule has 0 aromatic rings. The van der Waals surface area contributed by atoms with E-state index in [-0.39, 0.29) is 11.9 Å². The highest BCUT2D eigenvalue weighted by molar-refractivity contribution is 5.82. The number of likely N-dealkylation sites (tertiary alicyclic amines) is 1. The summed E-state index contributed by atoms with van der Waals surface area (Å²) >= 11 is 0. The van der Waals surface area contributed by atoms with E-state index >= 15 is 0 Å². The van der Waals surface area contributed by atoms with Gasteiger partial charge in [0.2, 0.25) is 0 Å². The van der Waals surface area contributed by atoms with E-state index in [1.54, 1.807) is 4.90 Å². The van der Waals surface area contributed by atoms with E-state index in [1.807, 2.05) is 27.9 Å². The number of carboxylic acid groups (broad SMARTS) is 1. The molecule has 1 saturated heterocycles. The van der Waals surface area contributed by atoms with Crippen LogP contribution >= 0.6 is 0 Å². The molecule has 20 heavy (non-hydrogen) atoms. The summed E-state index contributed by atoms with van der Waals surface area (Å²) in [5.41, 5.74) is 0. The Bertz CT molecular complexity index is 358. The lowest BCUT2D eigenvalue weighted by molar-refractivity contribution is -0.139. The summed E-state index contributed by atoms with van der Waals surface area (Å²) in [6.45, 7) is 7.32. The van der Waals surface area contributed by atoms with E-state index in [0.717, 1.165) is 0 Å². The topological polar surface area (TPSA) is 72.9 Å². The number of rotatable bonds is 5. The van der Waals surface area contributed by atoms with Crippen molar-refractivity contribution in [2.75, 3.05) is 27.2 Å². The van der Waals surface area contributed by atoms with Gasteiger partial charge in [-0.1, -0.05) is 20.8 Å². The van der Waals surface area contributed by atoms with Crippen molar-refractivity contribution in [2.45, 2.75) is 39.3 Å². The molecule has 3 atom stereocenters. The van der Waals surface area contributed by atoms with E-state index in [9.17, 15) is 9.59 Å². The first-order valence-electron chi connectivity index (χ1n) is 7.17. The predicted molar refractivity (Wildman–Crippen MR) is 77.6 cm³/mol. The van der Waals surface area contributed by atoms with Gasteiger partial charge in [-0.25, -0.2) is 9.59 Å². The monoisotopic (exact) mass is 285 g/mol. The van der Waals surface area contributed by atoms with Crippen LogP contribution in [0.4, 0.5) is 4.79 Å². The van der Waals surface area contributed by atoms with Crippen LogP contribution in [0.1, 0.15) is 27.2 Å². The van der Waals surface area contributed by atoms with Gasteiger partial charge in [-0.3, -0.25) is 0 Å². The minimum atomic E-state index is -0.969. The van der Waals surface area contributed by atoms with Gasteiger partial charge in [0, 0.05) is 19.1 Å². The first kappa shape index (κ1) is 16.8. The zero-order valence-electron chi connectivity index (χ0n) is 13.1. The number of aliphatic carboxylic acids is 1. The van der Waals surface area contributed by atoms with Crippen LogP contribution in [-0.2, 0) is 4.79 Å². The average Bonchev–Trinajstić information content (AvgIpc) is 2.69. The standard InChI is InChI=1S/C14H27N3O3/c1-9(2)6-11(13(18)19)15-14(20)17-7-10(3)12(8-17)16(4)5/h9-12H,6-8H2,1-5H3,(H,15,20)(H,18,19). The molecule has 0 spiro atoms. The summed E-state index contributed by atoms with van der Waals surface area (Å²) < 4.78 is 0. The number of urea groups is 1. The van der Waals surface area contributed by atoms with Crippen LogP contribution in [-0.4, -0.2) is 66.2 Å². The third kappa shape index (κ3) is 4.37. The fourth-order valence-electron chi connectivity index (χ4n) is 2.72. The van der Waals surface area contributed by atoms with Gasteiger partial charge in [0.1, 0.15) is 6.04 Å². The predicted octanol–water partition coefficient (Wildman–Crippen LogP) is 1.08. The maximum atomic E-state index is 12.2. The number of hydrogen-bond donors (Lipinski definition) is 2. The number of nitrogens with zero attached hydrogens (tertiary/aromatic N) is 2. The van der Waals surface area contributed by atoms with Gasteiger partial charge >= 0.3 is 12.0 Å². The summed E-state index contributed by atoms with van der Waals surface area (Å²) in [5.74, 6) is -0.351. The zero-order valence-corrected chi connectivity index (χ0v) is 13.1. The number of nitrogens with one attached hydrogen (secondary N) is 1. The van der Waals surface area contributed by atoms with Crippen LogP contribution < -0.4 is 5.32 Å². The number of likely N-dealkylation sites (N-methyl/N-ethyl adjacent to an activating group) is 1. The van der Waals surface area contributed by atoms with Gasteiger partial charge in [-0.05, 0) is 32.4 Å². The summed E-state index contributed by atoms with van der Waals surface area (Å²) in [7, 11) is 4.00. The molecule has 3 unspecified atom stereocenters. The molecule has 2 N–H and O–H groups in total. The van der Waals surface area contributed by atoms with Gasteiger partial charge in [0.15, 0.2) is 0 Å². The number of carboxylic acids is 1. The Morgan fingerprint density at radius 2 is 1.95 bits per heavy atom. The Kier molecular flexibility index (Phi) is 5.80. The summed E-state index contributed by atoms with van der Waals surface area (Å²) in [6.07, 6.45) is 0.446. The molecule has 0 aromatic carbocycles. The molecule has 116 valence electrons. The summed E-state index contributed by atoms with van der Waals surface area (Å²) in [6, 6.07) is -0.750. The Morgan fingerprint density at radius 3 is 2.35 bits per heavy atom. The lowest BCUT2D eigenvalue weighted by Gasteiger charge is -2.23. The van der Waals surface area contributed by atoms with E-state index in [2.05, 4.69) is 17.1 Å². The molecule has 1 rings (SSSR count). The van der Waals surface area contributed by atoms with E-state index in [0.29, 0.717) is 31.5 Å². The molecule has 1 aliphatic rings. The third-order valence-corrected chi connectivity index (χ3v) is 3.83. The summed E-state index contributed by atoms with van der Waals surface area (Å²) in [4.78, 5) is 27.2. The SMILES string of the molecule is CC(C)CC(NC(=O)N1CC(C)C(N(C)C)C1)C(=O)O. The fourth-order valence-corrected chi connectivity index (χ4v) is 2.72. The first-order valence-corrected chi connectivity index (χ1v) is 7.17. The average molecular weight is 285 g/mol. The Hall–Kier alpha value is -1.30. The van der Waals surface area contributed by atoms with Crippen LogP contribution in [0, 0.1) is 11.8 Å². The number of amides is 2. The molecule has 1 aliphatic heterocycles. The number of carbonyl (C=O) groups excluding carboxylic acids is 1. The maximum Gasteiger partial charge on any atom is 0.326 e. The van der Waals surface area contributed by atoms with Gasteiger partial charge < -0.3 is 20.2 Å². The van der Waals surface area contributed by atoms with Crippen molar-refractivity contribution in [1.29, 1.82) is 0 Å². The van der Waals surface area contributed by atoms with E-state index < -0.39 is 12.0 Å². The zero-order chi connectivity index (χ0) is 15.4.